The number of benzene rings is 1. The molecule has 2 N–H and O–H groups in total. The van der Waals surface area contributed by atoms with Gasteiger partial charge in [-0.1, -0.05) is 18.2 Å². The van der Waals surface area contributed by atoms with E-state index in [2.05, 4.69) is 40.1 Å². The van der Waals surface area contributed by atoms with Gasteiger partial charge in [0.2, 0.25) is 0 Å². The van der Waals surface area contributed by atoms with Crippen LogP contribution >= 0.6 is 0 Å². The highest BCUT2D eigenvalue weighted by atomic mass is 16.5. The molecule has 0 aromatic heterocycles. The summed E-state index contributed by atoms with van der Waals surface area (Å²) in [6, 6.07) is 6.47. The van der Waals surface area contributed by atoms with Crippen molar-refractivity contribution in [1.82, 2.24) is 4.90 Å². The summed E-state index contributed by atoms with van der Waals surface area (Å²) >= 11 is 0. The van der Waals surface area contributed by atoms with Gasteiger partial charge < -0.3 is 15.3 Å². The Bertz CT molecular complexity index is 633. The Morgan fingerprint density at radius 3 is 2.81 bits per heavy atom. The molecular weight excluding hydrogens is 328 g/mol. The molecule has 0 bridgehead atoms. The van der Waals surface area contributed by atoms with Gasteiger partial charge in [0.15, 0.2) is 0 Å². The molecule has 0 saturated carbocycles. The topological polar surface area (TPSA) is 72.4 Å². The van der Waals surface area contributed by atoms with Gasteiger partial charge in [0, 0.05) is 38.0 Å². The molecular formula is C20H30N4O2. The smallest absolute Gasteiger partial charge is 0.108 e. The largest absolute Gasteiger partial charge is 0.379 e. The van der Waals surface area contributed by atoms with E-state index in [-0.39, 0.29) is 6.10 Å². The van der Waals surface area contributed by atoms with Crippen molar-refractivity contribution in [3.8, 4) is 0 Å². The number of hydrazone groups is 1. The minimum Gasteiger partial charge on any atom is -0.379 e. The maximum Gasteiger partial charge on any atom is 0.108 e. The van der Waals surface area contributed by atoms with Gasteiger partial charge in [-0.15, -0.1) is 0 Å². The first-order chi connectivity index (χ1) is 12.8. The third-order valence-corrected chi connectivity index (χ3v) is 5.01. The Morgan fingerprint density at radius 1 is 1.27 bits per heavy atom. The van der Waals surface area contributed by atoms with Crippen LogP contribution in [-0.4, -0.2) is 62.4 Å². The molecule has 0 amide bonds. The molecule has 1 aromatic rings. The molecule has 26 heavy (non-hydrogen) atoms. The SMILES string of the molecule is Cc1cc(CN2CCOCC2)ccc1/C(C=NCC1CCCCO1)=N/N. The zero-order valence-electron chi connectivity index (χ0n) is 15.7. The summed E-state index contributed by atoms with van der Waals surface area (Å²) in [4.78, 5) is 6.93. The highest BCUT2D eigenvalue weighted by Gasteiger charge is 2.14. The Kier molecular flexibility index (Phi) is 7.17. The van der Waals surface area contributed by atoms with Crippen LogP contribution < -0.4 is 5.84 Å². The quantitative estimate of drug-likeness (QED) is 0.480. The van der Waals surface area contributed by atoms with Crippen molar-refractivity contribution < 1.29 is 9.47 Å². The van der Waals surface area contributed by atoms with Crippen LogP contribution in [0, 0.1) is 6.92 Å². The van der Waals surface area contributed by atoms with Crippen molar-refractivity contribution in [2.24, 2.45) is 15.9 Å². The van der Waals surface area contributed by atoms with Crippen LogP contribution in [0.25, 0.3) is 0 Å². The molecule has 2 aliphatic heterocycles. The maximum absolute atomic E-state index is 5.71. The first-order valence-corrected chi connectivity index (χ1v) is 9.55. The van der Waals surface area contributed by atoms with Gasteiger partial charge >= 0.3 is 0 Å². The van der Waals surface area contributed by atoms with Gasteiger partial charge in [0.25, 0.3) is 0 Å². The van der Waals surface area contributed by atoms with Crippen LogP contribution in [0.15, 0.2) is 28.3 Å². The lowest BCUT2D eigenvalue weighted by molar-refractivity contribution is 0.0226. The third-order valence-electron chi connectivity index (χ3n) is 5.01. The fourth-order valence-electron chi connectivity index (χ4n) is 3.51. The number of hydrogen-bond donors (Lipinski definition) is 1. The van der Waals surface area contributed by atoms with Crippen molar-refractivity contribution in [3.63, 3.8) is 0 Å². The summed E-state index contributed by atoms with van der Waals surface area (Å²) in [6.07, 6.45) is 5.48. The fraction of sp³-hybridized carbons (Fsp3) is 0.600. The van der Waals surface area contributed by atoms with Crippen LogP contribution in [0.3, 0.4) is 0 Å². The molecule has 6 heteroatoms. The van der Waals surface area contributed by atoms with Crippen LogP contribution in [-0.2, 0) is 16.0 Å². The predicted octanol–water partition coefficient (Wildman–Crippen LogP) is 2.13. The first-order valence-electron chi connectivity index (χ1n) is 9.55. The Hall–Kier alpha value is -1.76. The van der Waals surface area contributed by atoms with Crippen molar-refractivity contribution in [2.45, 2.75) is 38.8 Å². The van der Waals surface area contributed by atoms with Gasteiger partial charge in [0.1, 0.15) is 5.71 Å². The highest BCUT2D eigenvalue weighted by molar-refractivity contribution is 6.38. The lowest BCUT2D eigenvalue weighted by atomic mass is 10.0. The maximum atomic E-state index is 5.71. The zero-order chi connectivity index (χ0) is 18.2. The molecule has 2 aliphatic rings. The van der Waals surface area contributed by atoms with Crippen LogP contribution in [0.2, 0.25) is 0 Å². The van der Waals surface area contributed by atoms with Crippen LogP contribution in [0.4, 0.5) is 0 Å². The molecule has 1 unspecified atom stereocenters. The molecule has 6 nitrogen and oxygen atoms in total. The van der Waals surface area contributed by atoms with E-state index in [1.165, 1.54) is 17.5 Å². The highest BCUT2D eigenvalue weighted by Crippen LogP contribution is 2.15. The predicted molar refractivity (Wildman–Crippen MR) is 105 cm³/mol. The molecule has 2 saturated heterocycles. The minimum absolute atomic E-state index is 0.232. The van der Waals surface area contributed by atoms with Gasteiger partial charge in [0.05, 0.1) is 25.9 Å². The van der Waals surface area contributed by atoms with E-state index in [4.69, 9.17) is 15.3 Å². The van der Waals surface area contributed by atoms with E-state index in [1.807, 2.05) is 0 Å². The summed E-state index contributed by atoms with van der Waals surface area (Å²) in [5.41, 5.74) is 4.22. The number of nitrogens with zero attached hydrogens (tertiary/aromatic N) is 3. The van der Waals surface area contributed by atoms with Gasteiger partial charge in [-0.25, -0.2) is 0 Å². The van der Waals surface area contributed by atoms with E-state index < -0.39 is 0 Å². The average Bonchev–Trinajstić information content (AvgIpc) is 2.68. The molecule has 1 atom stereocenters. The summed E-state index contributed by atoms with van der Waals surface area (Å²) in [7, 11) is 0. The number of aryl methyl sites for hydroxylation is 1. The second-order valence-electron chi connectivity index (χ2n) is 7.03. The second-order valence-corrected chi connectivity index (χ2v) is 7.03. The Balaban J connectivity index is 1.60. The van der Waals surface area contributed by atoms with Gasteiger partial charge in [-0.3, -0.25) is 9.89 Å². The number of nitrogens with two attached hydrogens (primary N) is 1. The Morgan fingerprint density at radius 2 is 2.12 bits per heavy atom. The average molecular weight is 358 g/mol. The molecule has 142 valence electrons. The molecule has 1 aromatic carbocycles. The molecule has 3 rings (SSSR count). The van der Waals surface area contributed by atoms with Gasteiger partial charge in [-0.2, -0.15) is 5.10 Å². The zero-order valence-corrected chi connectivity index (χ0v) is 15.7. The van der Waals surface area contributed by atoms with E-state index in [0.29, 0.717) is 6.54 Å². The standard InChI is InChI=1S/C20H30N4O2/c1-16-12-17(15-24-7-10-25-11-8-24)5-6-19(16)20(23-21)14-22-13-18-4-2-3-9-26-18/h5-6,12,14,18H,2-4,7-11,13,15,21H2,1H3/b22-14?,23-20+. The fourth-order valence-corrected chi connectivity index (χ4v) is 3.51. The lowest BCUT2D eigenvalue weighted by Gasteiger charge is -2.26. The Labute approximate surface area is 156 Å². The number of rotatable bonds is 6. The van der Waals surface area contributed by atoms with Crippen molar-refractivity contribution in [3.05, 3.63) is 34.9 Å². The van der Waals surface area contributed by atoms with Crippen molar-refractivity contribution in [1.29, 1.82) is 0 Å². The van der Waals surface area contributed by atoms with Crippen molar-refractivity contribution >= 4 is 11.9 Å². The molecule has 0 aliphatic carbocycles. The summed E-state index contributed by atoms with van der Waals surface area (Å²) in [5, 5.41) is 3.95. The summed E-state index contributed by atoms with van der Waals surface area (Å²) in [5.74, 6) is 5.62. The number of morpholine rings is 1. The van der Waals surface area contributed by atoms with E-state index in [1.54, 1.807) is 6.21 Å². The lowest BCUT2D eigenvalue weighted by Crippen LogP contribution is -2.35. The third kappa shape index (κ3) is 5.37. The molecule has 0 radical (unpaired) electrons. The van der Waals surface area contributed by atoms with Crippen LogP contribution in [0.1, 0.15) is 36.0 Å². The van der Waals surface area contributed by atoms with E-state index >= 15 is 0 Å². The normalized spacial score (nSPS) is 22.8. The second kappa shape index (κ2) is 9.80. The van der Waals surface area contributed by atoms with Gasteiger partial charge in [-0.05, 0) is 37.3 Å². The molecule has 2 heterocycles. The first kappa shape index (κ1) is 19.0. The van der Waals surface area contributed by atoms with E-state index in [0.717, 1.165) is 63.6 Å². The van der Waals surface area contributed by atoms with Crippen LogP contribution in [0.5, 0.6) is 0 Å². The molecule has 0 spiro atoms. The summed E-state index contributed by atoms with van der Waals surface area (Å²) in [6.45, 7) is 8.20. The van der Waals surface area contributed by atoms with Crippen molar-refractivity contribution in [2.75, 3.05) is 39.5 Å². The monoisotopic (exact) mass is 358 g/mol. The number of hydrogen-bond acceptors (Lipinski definition) is 6. The molecule has 2 fully saturated rings. The minimum atomic E-state index is 0.232. The number of aliphatic imine (C=N–C) groups is 1. The number of ether oxygens (including phenoxy) is 2. The summed E-state index contributed by atoms with van der Waals surface area (Å²) < 4.78 is 11.1. The van der Waals surface area contributed by atoms with E-state index in [9.17, 15) is 0 Å².